The molecule has 0 aromatic heterocycles. The van der Waals surface area contributed by atoms with Gasteiger partial charge in [0.2, 0.25) is 0 Å². The first-order chi connectivity index (χ1) is 8.53. The third kappa shape index (κ3) is 3.37. The molecule has 0 heterocycles. The number of ether oxygens (including phenoxy) is 2. The van der Waals surface area contributed by atoms with Gasteiger partial charge >= 0.3 is 0 Å². The number of benzene rings is 1. The zero-order valence-electron chi connectivity index (χ0n) is 12.0. The molecular weight excluding hydrogens is 228 g/mol. The number of likely N-dealkylation sites (N-methyl/N-ethyl adjacent to an activating group) is 1. The number of nitrogens with two attached hydrogens (primary N) is 1. The molecule has 102 valence electrons. The minimum absolute atomic E-state index is 0.359. The van der Waals surface area contributed by atoms with E-state index in [9.17, 15) is 0 Å². The summed E-state index contributed by atoms with van der Waals surface area (Å²) in [7, 11) is 5.39. The van der Waals surface area contributed by atoms with Crippen LogP contribution in [0.5, 0.6) is 11.5 Å². The highest BCUT2D eigenvalue weighted by atomic mass is 16.5. The van der Waals surface area contributed by atoms with Gasteiger partial charge in [-0.2, -0.15) is 0 Å². The monoisotopic (exact) mass is 252 g/mol. The highest BCUT2D eigenvalue weighted by Gasteiger charge is 2.12. The molecule has 0 radical (unpaired) electrons. The van der Waals surface area contributed by atoms with Gasteiger partial charge in [0.05, 0.1) is 14.2 Å². The van der Waals surface area contributed by atoms with E-state index in [0.29, 0.717) is 12.6 Å². The second-order valence-electron chi connectivity index (χ2n) is 4.63. The molecule has 0 aliphatic carbocycles. The Hall–Kier alpha value is -1.26. The lowest BCUT2D eigenvalue weighted by Gasteiger charge is -2.24. The van der Waals surface area contributed by atoms with Gasteiger partial charge in [0.15, 0.2) is 11.5 Å². The van der Waals surface area contributed by atoms with E-state index in [2.05, 4.69) is 25.8 Å². The van der Waals surface area contributed by atoms with E-state index in [1.807, 2.05) is 12.1 Å². The number of hydrogen-bond donors (Lipinski definition) is 1. The number of rotatable bonds is 6. The zero-order valence-corrected chi connectivity index (χ0v) is 12.0. The van der Waals surface area contributed by atoms with Gasteiger partial charge in [-0.25, -0.2) is 0 Å². The fourth-order valence-electron chi connectivity index (χ4n) is 1.80. The normalized spacial score (nSPS) is 12.6. The molecule has 0 saturated carbocycles. The third-order valence-corrected chi connectivity index (χ3v) is 3.36. The van der Waals surface area contributed by atoms with E-state index >= 15 is 0 Å². The van der Waals surface area contributed by atoms with Gasteiger partial charge in [0, 0.05) is 19.1 Å². The number of nitrogens with zero attached hydrogens (tertiary/aromatic N) is 1. The third-order valence-electron chi connectivity index (χ3n) is 3.36. The minimum Gasteiger partial charge on any atom is -0.493 e. The Balaban J connectivity index is 2.95. The van der Waals surface area contributed by atoms with Gasteiger partial charge in [-0.3, -0.25) is 4.90 Å². The second-order valence-corrected chi connectivity index (χ2v) is 4.63. The van der Waals surface area contributed by atoms with Crippen molar-refractivity contribution in [1.29, 1.82) is 0 Å². The van der Waals surface area contributed by atoms with Crippen LogP contribution in [-0.2, 0) is 6.54 Å². The van der Waals surface area contributed by atoms with Gasteiger partial charge in [0.1, 0.15) is 0 Å². The predicted octanol–water partition coefficient (Wildman–Crippen LogP) is 1.79. The quantitative estimate of drug-likeness (QED) is 0.838. The van der Waals surface area contributed by atoms with Crippen molar-refractivity contribution >= 4 is 0 Å². The lowest BCUT2D eigenvalue weighted by atomic mass is 10.1. The average Bonchev–Trinajstić information content (AvgIpc) is 2.39. The molecule has 0 saturated heterocycles. The van der Waals surface area contributed by atoms with Crippen LogP contribution in [0.25, 0.3) is 0 Å². The van der Waals surface area contributed by atoms with Crippen molar-refractivity contribution in [3.8, 4) is 11.5 Å². The largest absolute Gasteiger partial charge is 0.493 e. The fraction of sp³-hybridized carbons (Fsp3) is 0.571. The Morgan fingerprint density at radius 3 is 2.28 bits per heavy atom. The summed E-state index contributed by atoms with van der Waals surface area (Å²) in [6.45, 7) is 5.71. The van der Waals surface area contributed by atoms with Crippen molar-refractivity contribution in [3.05, 3.63) is 23.3 Å². The molecular formula is C14H24N2O2. The fourth-order valence-corrected chi connectivity index (χ4v) is 1.80. The summed E-state index contributed by atoms with van der Waals surface area (Å²) in [4.78, 5) is 2.23. The van der Waals surface area contributed by atoms with Crippen LogP contribution in [0.15, 0.2) is 12.1 Å². The van der Waals surface area contributed by atoms with Crippen LogP contribution in [0.1, 0.15) is 18.1 Å². The molecule has 1 rings (SSSR count). The highest BCUT2D eigenvalue weighted by molar-refractivity contribution is 5.47. The lowest BCUT2D eigenvalue weighted by Crippen LogP contribution is -2.34. The molecule has 0 amide bonds. The van der Waals surface area contributed by atoms with E-state index in [4.69, 9.17) is 15.2 Å². The highest BCUT2D eigenvalue weighted by Crippen LogP contribution is 2.30. The topological polar surface area (TPSA) is 47.7 Å². The summed E-state index contributed by atoms with van der Waals surface area (Å²) in [5.74, 6) is 1.54. The molecule has 1 aromatic carbocycles. The molecule has 18 heavy (non-hydrogen) atoms. The van der Waals surface area contributed by atoms with Crippen molar-refractivity contribution in [1.82, 2.24) is 4.90 Å². The van der Waals surface area contributed by atoms with Gasteiger partial charge in [-0.1, -0.05) is 0 Å². The maximum atomic E-state index is 5.68. The molecule has 1 aromatic rings. The van der Waals surface area contributed by atoms with Crippen LogP contribution in [0.2, 0.25) is 0 Å². The van der Waals surface area contributed by atoms with E-state index < -0.39 is 0 Å². The van der Waals surface area contributed by atoms with E-state index in [0.717, 1.165) is 18.0 Å². The first-order valence-corrected chi connectivity index (χ1v) is 6.15. The SMILES string of the molecule is COc1cc(C)c(CN(C)C(C)CN)cc1OC. The Morgan fingerprint density at radius 2 is 1.78 bits per heavy atom. The minimum atomic E-state index is 0.359. The molecule has 4 heteroatoms. The van der Waals surface area contributed by atoms with Crippen LogP contribution >= 0.6 is 0 Å². The summed E-state index contributed by atoms with van der Waals surface area (Å²) in [5, 5.41) is 0. The second kappa shape index (κ2) is 6.61. The first kappa shape index (κ1) is 14.8. The van der Waals surface area contributed by atoms with Gasteiger partial charge in [0.25, 0.3) is 0 Å². The van der Waals surface area contributed by atoms with Gasteiger partial charge in [-0.05, 0) is 44.2 Å². The van der Waals surface area contributed by atoms with Crippen LogP contribution < -0.4 is 15.2 Å². The van der Waals surface area contributed by atoms with E-state index in [1.165, 1.54) is 11.1 Å². The van der Waals surface area contributed by atoms with Crippen LogP contribution in [0.4, 0.5) is 0 Å². The standard InChI is InChI=1S/C14H24N2O2/c1-10-6-13(17-4)14(18-5)7-12(10)9-16(3)11(2)8-15/h6-7,11H,8-9,15H2,1-5H3. The Kier molecular flexibility index (Phi) is 5.44. The Bertz CT molecular complexity index is 394. The predicted molar refractivity (Wildman–Crippen MR) is 74.3 cm³/mol. The van der Waals surface area contributed by atoms with Crippen molar-refractivity contribution in [3.63, 3.8) is 0 Å². The number of hydrogen-bond acceptors (Lipinski definition) is 4. The van der Waals surface area contributed by atoms with E-state index in [1.54, 1.807) is 14.2 Å². The molecule has 0 fully saturated rings. The van der Waals surface area contributed by atoms with Crippen molar-refractivity contribution < 1.29 is 9.47 Å². The van der Waals surface area contributed by atoms with Crippen LogP contribution in [-0.4, -0.2) is 38.8 Å². The summed E-state index contributed by atoms with van der Waals surface area (Å²) in [5.41, 5.74) is 8.11. The van der Waals surface area contributed by atoms with Crippen molar-refractivity contribution in [2.45, 2.75) is 26.4 Å². The summed E-state index contributed by atoms with van der Waals surface area (Å²) < 4.78 is 10.6. The smallest absolute Gasteiger partial charge is 0.161 e. The van der Waals surface area contributed by atoms with Gasteiger partial charge in [-0.15, -0.1) is 0 Å². The van der Waals surface area contributed by atoms with E-state index in [-0.39, 0.29) is 0 Å². The maximum Gasteiger partial charge on any atom is 0.161 e. The molecule has 0 aliphatic heterocycles. The zero-order chi connectivity index (χ0) is 13.7. The van der Waals surface area contributed by atoms with Crippen LogP contribution in [0, 0.1) is 6.92 Å². The Morgan fingerprint density at radius 1 is 1.22 bits per heavy atom. The van der Waals surface area contributed by atoms with Crippen molar-refractivity contribution in [2.24, 2.45) is 5.73 Å². The van der Waals surface area contributed by atoms with Crippen molar-refractivity contribution in [2.75, 3.05) is 27.8 Å². The molecule has 2 N–H and O–H groups in total. The number of methoxy groups -OCH3 is 2. The first-order valence-electron chi connectivity index (χ1n) is 6.15. The molecule has 0 bridgehead atoms. The molecule has 1 unspecified atom stereocenters. The maximum absolute atomic E-state index is 5.68. The summed E-state index contributed by atoms with van der Waals surface area (Å²) in [6.07, 6.45) is 0. The molecule has 1 atom stereocenters. The summed E-state index contributed by atoms with van der Waals surface area (Å²) >= 11 is 0. The number of aryl methyl sites for hydroxylation is 1. The van der Waals surface area contributed by atoms with Crippen LogP contribution in [0.3, 0.4) is 0 Å². The molecule has 0 spiro atoms. The summed E-state index contributed by atoms with van der Waals surface area (Å²) in [6, 6.07) is 4.40. The molecule has 0 aliphatic rings. The average molecular weight is 252 g/mol. The lowest BCUT2D eigenvalue weighted by molar-refractivity contribution is 0.253. The Labute approximate surface area is 110 Å². The molecule has 4 nitrogen and oxygen atoms in total. The van der Waals surface area contributed by atoms with Gasteiger partial charge < -0.3 is 15.2 Å².